The van der Waals surface area contributed by atoms with Gasteiger partial charge >= 0.3 is 0 Å². The Bertz CT molecular complexity index is 779. The number of carbonyl (C=O) groups is 1. The minimum Gasteiger partial charge on any atom is -0.348 e. The summed E-state index contributed by atoms with van der Waals surface area (Å²) in [7, 11) is 5.42. The molecule has 2 aromatic rings. The Morgan fingerprint density at radius 3 is 2.29 bits per heavy atom. The van der Waals surface area contributed by atoms with Crippen LogP contribution in [-0.2, 0) is 11.3 Å². The molecule has 0 atom stereocenters. The molecule has 6 heteroatoms. The summed E-state index contributed by atoms with van der Waals surface area (Å²) in [6.45, 7) is 4.65. The highest BCUT2D eigenvalue weighted by Crippen LogP contribution is 2.16. The fourth-order valence-electron chi connectivity index (χ4n) is 2.29. The van der Waals surface area contributed by atoms with Gasteiger partial charge in [0, 0.05) is 37.5 Å². The van der Waals surface area contributed by atoms with Gasteiger partial charge in [-0.25, -0.2) is 4.98 Å². The van der Waals surface area contributed by atoms with Crippen LogP contribution in [-0.4, -0.2) is 53.4 Å². The molecule has 0 saturated carbocycles. The average molecular weight is 328 g/mol. The Morgan fingerprint density at radius 2 is 1.75 bits per heavy atom. The van der Waals surface area contributed by atoms with Gasteiger partial charge in [0.25, 0.3) is 5.56 Å². The summed E-state index contributed by atoms with van der Waals surface area (Å²) in [5, 5.41) is 0. The maximum Gasteiger partial charge on any atom is 0.254 e. The highest BCUT2D eigenvalue weighted by atomic mass is 16.2. The van der Waals surface area contributed by atoms with Gasteiger partial charge in [-0.15, -0.1) is 0 Å². The van der Waals surface area contributed by atoms with Crippen LogP contribution in [0.5, 0.6) is 0 Å². The first-order chi connectivity index (χ1) is 11.3. The number of aromatic amines is 1. The van der Waals surface area contributed by atoms with Crippen LogP contribution in [0.25, 0.3) is 11.4 Å². The van der Waals surface area contributed by atoms with Crippen molar-refractivity contribution in [2.24, 2.45) is 0 Å². The summed E-state index contributed by atoms with van der Waals surface area (Å²) in [5.41, 5.74) is 3.23. The Balaban J connectivity index is 2.11. The molecule has 0 fully saturated rings. The molecule has 1 N–H and O–H groups in total. The molecule has 2 rings (SSSR count). The second kappa shape index (κ2) is 7.40. The van der Waals surface area contributed by atoms with Crippen LogP contribution in [0.2, 0.25) is 0 Å². The van der Waals surface area contributed by atoms with E-state index in [1.165, 1.54) is 0 Å². The van der Waals surface area contributed by atoms with Crippen LogP contribution in [0.15, 0.2) is 29.1 Å². The van der Waals surface area contributed by atoms with Gasteiger partial charge in [-0.05, 0) is 26.5 Å². The van der Waals surface area contributed by atoms with Gasteiger partial charge in [-0.2, -0.15) is 0 Å². The number of nitrogens with zero attached hydrogens (tertiary/aromatic N) is 3. The van der Waals surface area contributed by atoms with Crippen LogP contribution in [0.1, 0.15) is 16.8 Å². The number of aromatic nitrogens is 2. The third kappa shape index (κ3) is 4.29. The third-order valence-corrected chi connectivity index (χ3v) is 3.98. The van der Waals surface area contributed by atoms with Crippen molar-refractivity contribution >= 4 is 5.91 Å². The van der Waals surface area contributed by atoms with E-state index in [4.69, 9.17) is 0 Å². The van der Waals surface area contributed by atoms with Crippen molar-refractivity contribution in [3.8, 4) is 11.4 Å². The minimum atomic E-state index is -0.108. The number of benzene rings is 1. The third-order valence-electron chi connectivity index (χ3n) is 3.98. The number of carbonyl (C=O) groups excluding carboxylic acids is 1. The summed E-state index contributed by atoms with van der Waals surface area (Å²) >= 11 is 0. The highest BCUT2D eigenvalue weighted by molar-refractivity contribution is 5.77. The number of amides is 1. The van der Waals surface area contributed by atoms with Crippen molar-refractivity contribution in [3.63, 3.8) is 0 Å². The predicted octanol–water partition coefficient (Wildman–Crippen LogP) is 1.57. The van der Waals surface area contributed by atoms with Gasteiger partial charge in [-0.1, -0.05) is 24.3 Å². The van der Waals surface area contributed by atoms with Crippen LogP contribution >= 0.6 is 0 Å². The van der Waals surface area contributed by atoms with Gasteiger partial charge in [-0.3, -0.25) is 14.5 Å². The number of rotatable bonds is 5. The van der Waals surface area contributed by atoms with Crippen molar-refractivity contribution in [2.45, 2.75) is 20.4 Å². The van der Waals surface area contributed by atoms with E-state index in [0.29, 0.717) is 24.5 Å². The molecule has 6 nitrogen and oxygen atoms in total. The molecule has 0 spiro atoms. The molecule has 1 amide bonds. The molecule has 0 unspecified atom stereocenters. The average Bonchev–Trinajstić information content (AvgIpc) is 2.52. The summed E-state index contributed by atoms with van der Waals surface area (Å²) < 4.78 is 0. The Labute approximate surface area is 142 Å². The largest absolute Gasteiger partial charge is 0.348 e. The maximum absolute atomic E-state index is 11.9. The zero-order chi connectivity index (χ0) is 17.9. The zero-order valence-corrected chi connectivity index (χ0v) is 14.9. The monoisotopic (exact) mass is 328 g/mol. The van der Waals surface area contributed by atoms with Crippen molar-refractivity contribution in [1.82, 2.24) is 19.8 Å². The molecular formula is C18H24N4O2. The van der Waals surface area contributed by atoms with Crippen molar-refractivity contribution in [3.05, 3.63) is 51.4 Å². The van der Waals surface area contributed by atoms with Gasteiger partial charge < -0.3 is 9.88 Å². The second-order valence-electron chi connectivity index (χ2n) is 6.28. The van der Waals surface area contributed by atoms with Crippen molar-refractivity contribution < 1.29 is 4.79 Å². The zero-order valence-electron chi connectivity index (χ0n) is 14.9. The second-order valence-corrected chi connectivity index (χ2v) is 6.28. The molecule has 0 saturated heterocycles. The van der Waals surface area contributed by atoms with Crippen LogP contribution < -0.4 is 5.56 Å². The van der Waals surface area contributed by atoms with E-state index in [1.807, 2.05) is 43.1 Å². The van der Waals surface area contributed by atoms with Crippen LogP contribution in [0, 0.1) is 13.8 Å². The molecule has 1 aromatic heterocycles. The number of likely N-dealkylation sites (N-methyl/N-ethyl adjacent to an activating group) is 2. The summed E-state index contributed by atoms with van der Waals surface area (Å²) in [6.07, 6.45) is 0. The fraction of sp³-hybridized carbons (Fsp3) is 0.389. The van der Waals surface area contributed by atoms with E-state index in [2.05, 4.69) is 9.97 Å². The SMILES string of the molecule is Cc1nc(-c2ccc(CN(C)CC(=O)N(C)C)cc2)[nH]c(=O)c1C. The van der Waals surface area contributed by atoms with E-state index in [1.54, 1.807) is 25.9 Å². The summed E-state index contributed by atoms with van der Waals surface area (Å²) in [6, 6.07) is 7.84. The van der Waals surface area contributed by atoms with E-state index < -0.39 is 0 Å². The van der Waals surface area contributed by atoms with Gasteiger partial charge in [0.2, 0.25) is 5.91 Å². The van der Waals surface area contributed by atoms with Gasteiger partial charge in [0.1, 0.15) is 5.82 Å². The maximum atomic E-state index is 11.9. The smallest absolute Gasteiger partial charge is 0.254 e. The van der Waals surface area contributed by atoms with Crippen LogP contribution in [0.3, 0.4) is 0 Å². The minimum absolute atomic E-state index is 0.0750. The summed E-state index contributed by atoms with van der Waals surface area (Å²) in [4.78, 5) is 34.4. The van der Waals surface area contributed by atoms with Crippen molar-refractivity contribution in [2.75, 3.05) is 27.7 Å². The van der Waals surface area contributed by atoms with Gasteiger partial charge in [0.15, 0.2) is 0 Å². The lowest BCUT2D eigenvalue weighted by Gasteiger charge is -2.19. The molecule has 0 radical (unpaired) electrons. The molecule has 0 aliphatic heterocycles. The summed E-state index contributed by atoms with van der Waals surface area (Å²) in [5.74, 6) is 0.650. The van der Waals surface area contributed by atoms with Crippen LogP contribution in [0.4, 0.5) is 0 Å². The Morgan fingerprint density at radius 1 is 1.12 bits per heavy atom. The molecule has 128 valence electrons. The van der Waals surface area contributed by atoms with Gasteiger partial charge in [0.05, 0.1) is 6.54 Å². The van der Waals surface area contributed by atoms with E-state index in [0.717, 1.165) is 16.8 Å². The highest BCUT2D eigenvalue weighted by Gasteiger charge is 2.10. The molecule has 0 aliphatic rings. The first kappa shape index (κ1) is 17.9. The molecular weight excluding hydrogens is 304 g/mol. The van der Waals surface area contributed by atoms with E-state index >= 15 is 0 Å². The van der Waals surface area contributed by atoms with Crippen molar-refractivity contribution in [1.29, 1.82) is 0 Å². The lowest BCUT2D eigenvalue weighted by molar-refractivity contribution is -0.129. The molecule has 24 heavy (non-hydrogen) atoms. The normalized spacial score (nSPS) is 10.9. The number of nitrogens with one attached hydrogen (secondary N) is 1. The number of H-pyrrole nitrogens is 1. The molecule has 0 aliphatic carbocycles. The Hall–Kier alpha value is -2.47. The topological polar surface area (TPSA) is 69.3 Å². The molecule has 1 aromatic carbocycles. The first-order valence-corrected chi connectivity index (χ1v) is 7.83. The molecule has 0 bridgehead atoms. The number of aryl methyl sites for hydroxylation is 1. The molecule has 1 heterocycles. The first-order valence-electron chi connectivity index (χ1n) is 7.83. The lowest BCUT2D eigenvalue weighted by atomic mass is 10.1. The van der Waals surface area contributed by atoms with E-state index in [9.17, 15) is 9.59 Å². The number of hydrogen-bond acceptors (Lipinski definition) is 4. The fourth-order valence-corrected chi connectivity index (χ4v) is 2.29. The number of hydrogen-bond donors (Lipinski definition) is 1. The van der Waals surface area contributed by atoms with E-state index in [-0.39, 0.29) is 11.5 Å². The quantitative estimate of drug-likeness (QED) is 0.905. The lowest BCUT2D eigenvalue weighted by Crippen LogP contribution is -2.34. The Kier molecular flexibility index (Phi) is 5.51. The predicted molar refractivity (Wildman–Crippen MR) is 94.8 cm³/mol. The standard InChI is InChI=1S/C18H24N4O2/c1-12-13(2)19-17(20-18(12)24)15-8-6-14(7-9-15)10-22(5)11-16(23)21(3)4/h6-9H,10-11H2,1-5H3,(H,19,20,24).